The minimum absolute atomic E-state index is 0.284. The highest BCUT2D eigenvalue weighted by Gasteiger charge is 2.23. The molecule has 19 heavy (non-hydrogen) atoms. The van der Waals surface area contributed by atoms with Crippen molar-refractivity contribution in [2.75, 3.05) is 0 Å². The standard InChI is InChI=1S/C16H17NO2/c1-3-12-14(11-6-4-5-7-13(11)19-12)15(17)16-10(2)8-9-18-16/h4-9,15H,3,17H2,1-2H3. The molecule has 2 heterocycles. The summed E-state index contributed by atoms with van der Waals surface area (Å²) in [5, 5.41) is 1.07. The topological polar surface area (TPSA) is 52.3 Å². The summed E-state index contributed by atoms with van der Waals surface area (Å²) in [5.41, 5.74) is 9.39. The van der Waals surface area contributed by atoms with Gasteiger partial charge >= 0.3 is 0 Å². The first-order chi connectivity index (χ1) is 9.22. The van der Waals surface area contributed by atoms with E-state index in [-0.39, 0.29) is 6.04 Å². The summed E-state index contributed by atoms with van der Waals surface area (Å²) >= 11 is 0. The molecule has 0 radical (unpaired) electrons. The molecule has 1 atom stereocenters. The fourth-order valence-electron chi connectivity index (χ4n) is 2.55. The van der Waals surface area contributed by atoms with E-state index in [1.165, 1.54) is 0 Å². The summed E-state index contributed by atoms with van der Waals surface area (Å²) in [5.74, 6) is 1.74. The summed E-state index contributed by atoms with van der Waals surface area (Å²) in [6.45, 7) is 4.08. The first-order valence-corrected chi connectivity index (χ1v) is 6.52. The molecule has 0 amide bonds. The molecule has 0 aliphatic carbocycles. The van der Waals surface area contributed by atoms with Crippen LogP contribution < -0.4 is 5.73 Å². The van der Waals surface area contributed by atoms with Gasteiger partial charge in [-0.3, -0.25) is 0 Å². The Morgan fingerprint density at radius 1 is 1.21 bits per heavy atom. The van der Waals surface area contributed by atoms with Gasteiger partial charge in [0, 0.05) is 17.4 Å². The largest absolute Gasteiger partial charge is 0.467 e. The van der Waals surface area contributed by atoms with E-state index >= 15 is 0 Å². The van der Waals surface area contributed by atoms with Gasteiger partial charge in [0.2, 0.25) is 0 Å². The minimum atomic E-state index is -0.284. The van der Waals surface area contributed by atoms with Crippen LogP contribution in [-0.2, 0) is 6.42 Å². The lowest BCUT2D eigenvalue weighted by Gasteiger charge is -2.10. The second kappa shape index (κ2) is 4.59. The molecular weight excluding hydrogens is 238 g/mol. The number of benzene rings is 1. The van der Waals surface area contributed by atoms with Crippen molar-refractivity contribution in [3.63, 3.8) is 0 Å². The predicted molar refractivity (Wildman–Crippen MR) is 75.1 cm³/mol. The molecular formula is C16H17NO2. The van der Waals surface area contributed by atoms with Gasteiger partial charge in [0.15, 0.2) is 0 Å². The summed E-state index contributed by atoms with van der Waals surface area (Å²) in [6, 6.07) is 9.64. The van der Waals surface area contributed by atoms with Gasteiger partial charge in [-0.1, -0.05) is 25.1 Å². The van der Waals surface area contributed by atoms with E-state index in [4.69, 9.17) is 14.6 Å². The number of furan rings is 2. The third-order valence-electron chi connectivity index (χ3n) is 3.53. The van der Waals surface area contributed by atoms with Gasteiger partial charge in [-0.15, -0.1) is 0 Å². The molecule has 3 nitrogen and oxygen atoms in total. The summed E-state index contributed by atoms with van der Waals surface area (Å²) in [7, 11) is 0. The number of hydrogen-bond donors (Lipinski definition) is 1. The van der Waals surface area contributed by atoms with E-state index in [0.717, 1.165) is 40.0 Å². The summed E-state index contributed by atoms with van der Waals surface area (Å²) < 4.78 is 11.4. The van der Waals surface area contributed by atoms with Crippen molar-refractivity contribution in [2.45, 2.75) is 26.3 Å². The molecule has 3 rings (SSSR count). The molecule has 0 aliphatic heterocycles. The van der Waals surface area contributed by atoms with Crippen LogP contribution >= 0.6 is 0 Å². The van der Waals surface area contributed by atoms with Crippen LogP contribution in [0.25, 0.3) is 11.0 Å². The Bertz CT molecular complexity index is 708. The van der Waals surface area contributed by atoms with Crippen molar-refractivity contribution in [2.24, 2.45) is 5.73 Å². The number of rotatable bonds is 3. The fourth-order valence-corrected chi connectivity index (χ4v) is 2.55. The van der Waals surface area contributed by atoms with Gasteiger partial charge in [0.1, 0.15) is 17.1 Å². The Morgan fingerprint density at radius 2 is 2.00 bits per heavy atom. The highest BCUT2D eigenvalue weighted by atomic mass is 16.3. The third kappa shape index (κ3) is 1.87. The normalized spacial score (nSPS) is 13.0. The molecule has 0 saturated heterocycles. The van der Waals surface area contributed by atoms with Crippen LogP contribution in [0.3, 0.4) is 0 Å². The molecule has 0 fully saturated rings. The Hall–Kier alpha value is -2.00. The molecule has 2 aromatic heterocycles. The van der Waals surface area contributed by atoms with Crippen LogP contribution in [0.4, 0.5) is 0 Å². The SMILES string of the molecule is CCc1oc2ccccc2c1C(N)c1occc1C. The molecule has 0 spiro atoms. The van der Waals surface area contributed by atoms with E-state index in [1.54, 1.807) is 6.26 Å². The first kappa shape index (κ1) is 12.1. The molecule has 0 aliphatic rings. The van der Waals surface area contributed by atoms with Gasteiger partial charge in [-0.2, -0.15) is 0 Å². The lowest BCUT2D eigenvalue weighted by atomic mass is 9.99. The van der Waals surface area contributed by atoms with Crippen molar-refractivity contribution in [3.05, 3.63) is 59.2 Å². The van der Waals surface area contributed by atoms with Gasteiger partial charge in [-0.05, 0) is 24.6 Å². The zero-order valence-electron chi connectivity index (χ0n) is 11.1. The van der Waals surface area contributed by atoms with Gasteiger partial charge in [0.25, 0.3) is 0 Å². The maximum Gasteiger partial charge on any atom is 0.134 e. The van der Waals surface area contributed by atoms with Gasteiger partial charge < -0.3 is 14.6 Å². The maximum absolute atomic E-state index is 6.39. The maximum atomic E-state index is 6.39. The Morgan fingerprint density at radius 3 is 2.68 bits per heavy atom. The van der Waals surface area contributed by atoms with Crippen LogP contribution in [0.5, 0.6) is 0 Å². The Balaban J connectivity index is 2.21. The van der Waals surface area contributed by atoms with Crippen LogP contribution in [0, 0.1) is 6.92 Å². The molecule has 0 saturated carbocycles. The number of fused-ring (bicyclic) bond motifs is 1. The van der Waals surface area contributed by atoms with Crippen LogP contribution in [-0.4, -0.2) is 0 Å². The highest BCUT2D eigenvalue weighted by molar-refractivity contribution is 5.83. The molecule has 1 aromatic carbocycles. The predicted octanol–water partition coefficient (Wildman–Crippen LogP) is 3.94. The number of hydrogen-bond acceptors (Lipinski definition) is 3. The zero-order valence-corrected chi connectivity index (χ0v) is 11.1. The molecule has 1 unspecified atom stereocenters. The van der Waals surface area contributed by atoms with Gasteiger partial charge in [-0.25, -0.2) is 0 Å². The average molecular weight is 255 g/mol. The Kier molecular flexibility index (Phi) is 2.91. The smallest absolute Gasteiger partial charge is 0.134 e. The minimum Gasteiger partial charge on any atom is -0.467 e. The van der Waals surface area contributed by atoms with Crippen molar-refractivity contribution in [3.8, 4) is 0 Å². The zero-order chi connectivity index (χ0) is 13.4. The average Bonchev–Trinajstić information content (AvgIpc) is 3.01. The van der Waals surface area contributed by atoms with Crippen molar-refractivity contribution in [1.82, 2.24) is 0 Å². The number of para-hydroxylation sites is 1. The van der Waals surface area contributed by atoms with E-state index in [9.17, 15) is 0 Å². The van der Waals surface area contributed by atoms with E-state index in [0.29, 0.717) is 0 Å². The highest BCUT2D eigenvalue weighted by Crippen LogP contribution is 2.34. The van der Waals surface area contributed by atoms with Crippen LogP contribution in [0.2, 0.25) is 0 Å². The number of aryl methyl sites for hydroxylation is 2. The molecule has 3 aromatic rings. The fraction of sp³-hybridized carbons (Fsp3) is 0.250. The van der Waals surface area contributed by atoms with E-state index in [1.807, 2.05) is 37.3 Å². The second-order valence-electron chi connectivity index (χ2n) is 4.73. The van der Waals surface area contributed by atoms with E-state index < -0.39 is 0 Å². The third-order valence-corrected chi connectivity index (χ3v) is 3.53. The van der Waals surface area contributed by atoms with E-state index in [2.05, 4.69) is 6.92 Å². The molecule has 98 valence electrons. The van der Waals surface area contributed by atoms with Crippen LogP contribution in [0.15, 0.2) is 45.4 Å². The molecule has 2 N–H and O–H groups in total. The van der Waals surface area contributed by atoms with Crippen LogP contribution in [0.1, 0.15) is 35.6 Å². The first-order valence-electron chi connectivity index (χ1n) is 6.52. The van der Waals surface area contributed by atoms with Crippen molar-refractivity contribution in [1.29, 1.82) is 0 Å². The quantitative estimate of drug-likeness (QED) is 0.771. The lowest BCUT2D eigenvalue weighted by molar-refractivity contribution is 0.479. The summed E-state index contributed by atoms with van der Waals surface area (Å²) in [4.78, 5) is 0. The van der Waals surface area contributed by atoms with Crippen molar-refractivity contribution >= 4 is 11.0 Å². The number of nitrogens with two attached hydrogens (primary N) is 1. The summed E-state index contributed by atoms with van der Waals surface area (Å²) in [6.07, 6.45) is 2.50. The molecule has 3 heteroatoms. The lowest BCUT2D eigenvalue weighted by Crippen LogP contribution is -2.13. The Labute approximate surface area is 112 Å². The van der Waals surface area contributed by atoms with Crippen molar-refractivity contribution < 1.29 is 8.83 Å². The monoisotopic (exact) mass is 255 g/mol. The van der Waals surface area contributed by atoms with Gasteiger partial charge in [0.05, 0.1) is 12.3 Å². The second-order valence-corrected chi connectivity index (χ2v) is 4.73. The molecule has 0 bridgehead atoms.